The Hall–Kier alpha value is -1.36. The molecule has 1 aliphatic heterocycles. The van der Waals surface area contributed by atoms with Crippen LogP contribution < -0.4 is 0 Å². The van der Waals surface area contributed by atoms with Crippen molar-refractivity contribution in [3.8, 4) is 0 Å². The number of nitrogens with zero attached hydrogens (tertiary/aromatic N) is 3. The molecule has 1 aliphatic rings. The minimum atomic E-state index is -0.0158. The lowest BCUT2D eigenvalue weighted by Gasteiger charge is -2.21. The highest BCUT2D eigenvalue weighted by Crippen LogP contribution is 2.25. The van der Waals surface area contributed by atoms with E-state index >= 15 is 0 Å². The van der Waals surface area contributed by atoms with Gasteiger partial charge < -0.3 is 4.74 Å². The van der Waals surface area contributed by atoms with Crippen LogP contribution in [0.25, 0.3) is 0 Å². The van der Waals surface area contributed by atoms with Crippen molar-refractivity contribution in [2.75, 3.05) is 6.61 Å². The van der Waals surface area contributed by atoms with Gasteiger partial charge in [-0.25, -0.2) is 4.98 Å². The van der Waals surface area contributed by atoms with Gasteiger partial charge in [0.15, 0.2) is 6.29 Å². The van der Waals surface area contributed by atoms with E-state index in [-0.39, 0.29) is 11.9 Å². The summed E-state index contributed by atoms with van der Waals surface area (Å²) in [5, 5.41) is 7.27. The van der Waals surface area contributed by atoms with Gasteiger partial charge in [0.05, 0.1) is 11.9 Å². The van der Waals surface area contributed by atoms with E-state index in [1.165, 1.54) is 0 Å². The van der Waals surface area contributed by atoms with Gasteiger partial charge in [0.25, 0.3) is 0 Å². The Bertz CT molecular complexity index is 324. The van der Waals surface area contributed by atoms with Crippen molar-refractivity contribution in [2.24, 2.45) is 0 Å². The third kappa shape index (κ3) is 1.93. The molecule has 0 spiro atoms. The lowest BCUT2D eigenvalue weighted by atomic mass is 10.1. The number of carbonyl (C=O) groups excluding carboxylic acids is 1. The minimum Gasteiger partial charge on any atom is -0.372 e. The number of hydrogen-bond acceptors (Lipinski definition) is 5. The molecule has 74 valence electrons. The fraction of sp³-hybridized carbons (Fsp3) is 0.556. The van der Waals surface area contributed by atoms with Crippen LogP contribution in [0.15, 0.2) is 6.20 Å². The second kappa shape index (κ2) is 4.23. The highest BCUT2D eigenvalue weighted by Gasteiger charge is 2.18. The second-order valence-corrected chi connectivity index (χ2v) is 3.21. The number of aldehydes is 1. The van der Waals surface area contributed by atoms with Gasteiger partial charge >= 0.3 is 0 Å². The molecule has 0 bridgehead atoms. The van der Waals surface area contributed by atoms with Crippen LogP contribution in [0.2, 0.25) is 0 Å². The second-order valence-electron chi connectivity index (χ2n) is 3.21. The first kappa shape index (κ1) is 9.21. The Labute approximate surface area is 81.5 Å². The number of ether oxygens (including phenoxy) is 1. The van der Waals surface area contributed by atoms with Crippen LogP contribution in [0.3, 0.4) is 0 Å². The summed E-state index contributed by atoms with van der Waals surface area (Å²) < 4.78 is 5.52. The summed E-state index contributed by atoms with van der Waals surface area (Å²) in [6, 6.07) is 0. The van der Waals surface area contributed by atoms with Crippen LogP contribution >= 0.6 is 0 Å². The summed E-state index contributed by atoms with van der Waals surface area (Å²) >= 11 is 0. The highest BCUT2D eigenvalue weighted by atomic mass is 16.5. The van der Waals surface area contributed by atoms with E-state index in [0.29, 0.717) is 12.0 Å². The molecule has 0 saturated carbocycles. The van der Waals surface area contributed by atoms with Gasteiger partial charge in [-0.2, -0.15) is 5.10 Å². The summed E-state index contributed by atoms with van der Waals surface area (Å²) in [6.45, 7) is 0.755. The predicted octanol–water partition coefficient (Wildman–Crippen LogP) is 0.926. The molecule has 0 aliphatic carbocycles. The van der Waals surface area contributed by atoms with Crippen molar-refractivity contribution in [3.63, 3.8) is 0 Å². The normalized spacial score (nSPS) is 21.9. The summed E-state index contributed by atoms with van der Waals surface area (Å²) in [6.07, 6.45) is 5.30. The van der Waals surface area contributed by atoms with Crippen LogP contribution in [-0.4, -0.2) is 28.1 Å². The summed E-state index contributed by atoms with van der Waals surface area (Å²) in [5.74, 6) is 0.122. The number of aromatic nitrogens is 3. The molecule has 0 N–H and O–H groups in total. The zero-order chi connectivity index (χ0) is 9.80. The van der Waals surface area contributed by atoms with E-state index in [9.17, 15) is 4.79 Å². The molecule has 1 fully saturated rings. The SMILES string of the molecule is O=Cc1nncc(C2CCCCO2)n1. The van der Waals surface area contributed by atoms with Crippen molar-refractivity contribution in [1.29, 1.82) is 0 Å². The van der Waals surface area contributed by atoms with Crippen molar-refractivity contribution < 1.29 is 9.53 Å². The molecule has 1 atom stereocenters. The molecule has 0 aromatic carbocycles. The third-order valence-corrected chi connectivity index (χ3v) is 2.21. The van der Waals surface area contributed by atoms with E-state index in [1.54, 1.807) is 6.20 Å². The molecule has 0 radical (unpaired) electrons. The fourth-order valence-electron chi connectivity index (χ4n) is 1.51. The molecule has 2 heterocycles. The quantitative estimate of drug-likeness (QED) is 0.653. The van der Waals surface area contributed by atoms with Crippen LogP contribution in [0, 0.1) is 0 Å². The molecule has 1 saturated heterocycles. The standard InChI is InChI=1S/C9H11N3O2/c13-6-9-11-7(5-10-12-9)8-3-1-2-4-14-8/h5-6,8H,1-4H2. The van der Waals surface area contributed by atoms with Crippen molar-refractivity contribution in [1.82, 2.24) is 15.2 Å². The van der Waals surface area contributed by atoms with Gasteiger partial charge in [0.1, 0.15) is 6.10 Å². The van der Waals surface area contributed by atoms with E-state index in [0.717, 1.165) is 25.9 Å². The van der Waals surface area contributed by atoms with Gasteiger partial charge in [0, 0.05) is 6.61 Å². The van der Waals surface area contributed by atoms with Crippen LogP contribution in [-0.2, 0) is 4.74 Å². The zero-order valence-corrected chi connectivity index (χ0v) is 7.72. The molecule has 14 heavy (non-hydrogen) atoms. The van der Waals surface area contributed by atoms with E-state index in [4.69, 9.17) is 4.74 Å². The van der Waals surface area contributed by atoms with Gasteiger partial charge in [-0.1, -0.05) is 0 Å². The maximum absolute atomic E-state index is 10.4. The molecule has 1 aromatic rings. The highest BCUT2D eigenvalue weighted by molar-refractivity contribution is 5.68. The minimum absolute atomic E-state index is 0.0158. The van der Waals surface area contributed by atoms with Crippen LogP contribution in [0.5, 0.6) is 0 Å². The summed E-state index contributed by atoms with van der Waals surface area (Å²) in [4.78, 5) is 14.5. The average Bonchev–Trinajstić information content (AvgIpc) is 2.30. The first-order valence-corrected chi connectivity index (χ1v) is 4.66. The summed E-state index contributed by atoms with van der Waals surface area (Å²) in [5.41, 5.74) is 0.710. The zero-order valence-electron chi connectivity index (χ0n) is 7.72. The number of hydrogen-bond donors (Lipinski definition) is 0. The van der Waals surface area contributed by atoms with Crippen LogP contribution in [0.1, 0.15) is 41.7 Å². The summed E-state index contributed by atoms with van der Waals surface area (Å²) in [7, 11) is 0. The Morgan fingerprint density at radius 2 is 2.43 bits per heavy atom. The van der Waals surface area contributed by atoms with Gasteiger partial charge in [-0.15, -0.1) is 5.10 Å². The molecule has 1 unspecified atom stereocenters. The molecular formula is C9H11N3O2. The monoisotopic (exact) mass is 193 g/mol. The van der Waals surface area contributed by atoms with Crippen molar-refractivity contribution in [3.05, 3.63) is 17.7 Å². The Balaban J connectivity index is 2.17. The van der Waals surface area contributed by atoms with Crippen molar-refractivity contribution in [2.45, 2.75) is 25.4 Å². The van der Waals surface area contributed by atoms with E-state index in [1.807, 2.05) is 0 Å². The number of carbonyl (C=O) groups is 1. The van der Waals surface area contributed by atoms with Crippen molar-refractivity contribution >= 4 is 6.29 Å². The van der Waals surface area contributed by atoms with Gasteiger partial charge in [-0.3, -0.25) is 4.79 Å². The molecule has 5 nitrogen and oxygen atoms in total. The topological polar surface area (TPSA) is 65.0 Å². The van der Waals surface area contributed by atoms with E-state index < -0.39 is 0 Å². The van der Waals surface area contributed by atoms with Crippen LogP contribution in [0.4, 0.5) is 0 Å². The Kier molecular flexibility index (Phi) is 2.78. The van der Waals surface area contributed by atoms with Gasteiger partial charge in [0.2, 0.25) is 5.82 Å². The molecule has 5 heteroatoms. The third-order valence-electron chi connectivity index (χ3n) is 2.21. The first-order chi connectivity index (χ1) is 6.90. The lowest BCUT2D eigenvalue weighted by molar-refractivity contribution is 0.0118. The smallest absolute Gasteiger partial charge is 0.214 e. The lowest BCUT2D eigenvalue weighted by Crippen LogP contribution is -2.14. The Morgan fingerprint density at radius 1 is 1.50 bits per heavy atom. The molecule has 0 amide bonds. The van der Waals surface area contributed by atoms with E-state index in [2.05, 4.69) is 15.2 Å². The van der Waals surface area contributed by atoms with Gasteiger partial charge in [-0.05, 0) is 19.3 Å². The maximum Gasteiger partial charge on any atom is 0.214 e. The maximum atomic E-state index is 10.4. The Morgan fingerprint density at radius 3 is 3.14 bits per heavy atom. The largest absolute Gasteiger partial charge is 0.372 e. The average molecular weight is 193 g/mol. The molecule has 2 rings (SSSR count). The fourth-order valence-corrected chi connectivity index (χ4v) is 1.51. The first-order valence-electron chi connectivity index (χ1n) is 4.66. The molecule has 1 aromatic heterocycles. The number of rotatable bonds is 2. The predicted molar refractivity (Wildman–Crippen MR) is 47.8 cm³/mol. The molecular weight excluding hydrogens is 182 g/mol.